The van der Waals surface area contributed by atoms with Gasteiger partial charge < -0.3 is 5.32 Å². The molecule has 2 aromatic carbocycles. The Balaban J connectivity index is 2.08. The maximum atomic E-state index is 13.0. The Morgan fingerprint density at radius 1 is 1.00 bits per heavy atom. The van der Waals surface area contributed by atoms with Crippen molar-refractivity contribution in [3.63, 3.8) is 0 Å². The van der Waals surface area contributed by atoms with E-state index >= 15 is 0 Å². The van der Waals surface area contributed by atoms with Gasteiger partial charge >= 0.3 is 0 Å². The number of hydrogen-bond acceptors (Lipinski definition) is 1. The molecule has 104 valence electrons. The lowest BCUT2D eigenvalue weighted by atomic mass is 10.2. The van der Waals surface area contributed by atoms with E-state index in [0.29, 0.717) is 0 Å². The van der Waals surface area contributed by atoms with Crippen molar-refractivity contribution in [2.45, 2.75) is 6.54 Å². The summed E-state index contributed by atoms with van der Waals surface area (Å²) >= 11 is 5.74. The molecule has 0 atom stereocenters. The van der Waals surface area contributed by atoms with Crippen LogP contribution in [0.1, 0.15) is 15.9 Å². The van der Waals surface area contributed by atoms with Crippen LogP contribution in [0.4, 0.5) is 13.2 Å². The zero-order valence-electron chi connectivity index (χ0n) is 10.1. The number of benzene rings is 2. The van der Waals surface area contributed by atoms with E-state index in [-0.39, 0.29) is 22.7 Å². The van der Waals surface area contributed by atoms with Crippen LogP contribution < -0.4 is 5.32 Å². The molecule has 1 N–H and O–H groups in total. The molecule has 0 radical (unpaired) electrons. The molecule has 6 heteroatoms. The summed E-state index contributed by atoms with van der Waals surface area (Å²) in [5.74, 6) is -2.57. The van der Waals surface area contributed by atoms with Gasteiger partial charge in [-0.1, -0.05) is 11.6 Å². The topological polar surface area (TPSA) is 29.1 Å². The predicted molar refractivity (Wildman–Crippen MR) is 68.9 cm³/mol. The van der Waals surface area contributed by atoms with E-state index in [1.54, 1.807) is 0 Å². The van der Waals surface area contributed by atoms with Crippen LogP contribution in [0, 0.1) is 17.5 Å². The van der Waals surface area contributed by atoms with Gasteiger partial charge in [0.2, 0.25) is 0 Å². The number of hydrogen-bond donors (Lipinski definition) is 1. The zero-order chi connectivity index (χ0) is 14.7. The third-order valence-corrected chi connectivity index (χ3v) is 2.86. The monoisotopic (exact) mass is 299 g/mol. The van der Waals surface area contributed by atoms with Gasteiger partial charge in [0, 0.05) is 12.6 Å². The third-order valence-electron chi connectivity index (χ3n) is 2.55. The van der Waals surface area contributed by atoms with Gasteiger partial charge in [-0.2, -0.15) is 0 Å². The Labute approximate surface area is 118 Å². The number of amides is 1. The number of nitrogens with one attached hydrogen (secondary N) is 1. The van der Waals surface area contributed by atoms with Crippen molar-refractivity contribution in [1.29, 1.82) is 0 Å². The second-order valence-electron chi connectivity index (χ2n) is 4.08. The van der Waals surface area contributed by atoms with E-state index in [2.05, 4.69) is 5.32 Å². The molecule has 0 aliphatic rings. The van der Waals surface area contributed by atoms with Crippen LogP contribution >= 0.6 is 11.6 Å². The van der Waals surface area contributed by atoms with Crippen LogP contribution in [0.5, 0.6) is 0 Å². The Morgan fingerprint density at radius 2 is 1.65 bits per heavy atom. The standard InChI is InChI=1S/C14H9ClF3NO/c15-13-6-9(16)1-2-12(13)14(20)19-7-8-3-10(17)5-11(18)4-8/h1-6H,7H2,(H,19,20). The first kappa shape index (κ1) is 14.4. The van der Waals surface area contributed by atoms with Crippen molar-refractivity contribution in [1.82, 2.24) is 5.32 Å². The summed E-state index contributed by atoms with van der Waals surface area (Å²) in [6, 6.07) is 6.30. The molecule has 0 aliphatic carbocycles. The highest BCUT2D eigenvalue weighted by atomic mass is 35.5. The molecular formula is C14H9ClF3NO. The van der Waals surface area contributed by atoms with E-state index < -0.39 is 23.4 Å². The van der Waals surface area contributed by atoms with Crippen LogP contribution in [-0.4, -0.2) is 5.91 Å². The lowest BCUT2D eigenvalue weighted by Gasteiger charge is -2.07. The minimum atomic E-state index is -0.728. The number of halogens is 4. The highest BCUT2D eigenvalue weighted by molar-refractivity contribution is 6.33. The lowest BCUT2D eigenvalue weighted by molar-refractivity contribution is 0.0951. The molecule has 0 saturated heterocycles. The summed E-state index contributed by atoms with van der Waals surface area (Å²) in [5, 5.41) is 2.42. The SMILES string of the molecule is O=C(NCc1cc(F)cc(F)c1)c1ccc(F)cc1Cl. The van der Waals surface area contributed by atoms with Gasteiger partial charge in [0.05, 0.1) is 10.6 Å². The normalized spacial score (nSPS) is 10.4. The average Bonchev–Trinajstić information content (AvgIpc) is 2.35. The van der Waals surface area contributed by atoms with Crippen molar-refractivity contribution in [2.24, 2.45) is 0 Å². The van der Waals surface area contributed by atoms with Crippen LogP contribution in [-0.2, 0) is 6.54 Å². The fraction of sp³-hybridized carbons (Fsp3) is 0.0714. The van der Waals surface area contributed by atoms with Crippen LogP contribution in [0.25, 0.3) is 0 Å². The summed E-state index contributed by atoms with van der Waals surface area (Å²) in [5.41, 5.74) is 0.360. The molecule has 0 unspecified atom stereocenters. The average molecular weight is 300 g/mol. The number of rotatable bonds is 3. The van der Waals surface area contributed by atoms with E-state index in [0.717, 1.165) is 30.3 Å². The highest BCUT2D eigenvalue weighted by Crippen LogP contribution is 2.17. The van der Waals surface area contributed by atoms with E-state index in [1.807, 2.05) is 0 Å². The first-order chi connectivity index (χ1) is 9.45. The fourth-order valence-electron chi connectivity index (χ4n) is 1.66. The Morgan fingerprint density at radius 3 is 2.25 bits per heavy atom. The van der Waals surface area contributed by atoms with Crippen molar-refractivity contribution < 1.29 is 18.0 Å². The minimum absolute atomic E-state index is 0.0343. The molecule has 0 aromatic heterocycles. The Kier molecular flexibility index (Phi) is 4.29. The Bertz CT molecular complexity index is 641. The largest absolute Gasteiger partial charge is 0.348 e. The Hall–Kier alpha value is -2.01. The molecule has 0 aliphatic heterocycles. The van der Waals surface area contributed by atoms with E-state index in [9.17, 15) is 18.0 Å². The van der Waals surface area contributed by atoms with Crippen molar-refractivity contribution >= 4 is 17.5 Å². The van der Waals surface area contributed by atoms with Crippen LogP contribution in [0.3, 0.4) is 0 Å². The first-order valence-corrected chi connectivity index (χ1v) is 6.02. The lowest BCUT2D eigenvalue weighted by Crippen LogP contribution is -2.23. The fourth-order valence-corrected chi connectivity index (χ4v) is 1.92. The van der Waals surface area contributed by atoms with Gasteiger partial charge in [-0.15, -0.1) is 0 Å². The smallest absolute Gasteiger partial charge is 0.253 e. The van der Waals surface area contributed by atoms with Crippen molar-refractivity contribution in [3.05, 3.63) is 70.0 Å². The summed E-state index contributed by atoms with van der Waals surface area (Å²) in [7, 11) is 0. The second-order valence-corrected chi connectivity index (χ2v) is 4.49. The zero-order valence-corrected chi connectivity index (χ0v) is 10.8. The van der Waals surface area contributed by atoms with Gasteiger partial charge in [-0.25, -0.2) is 13.2 Å². The van der Waals surface area contributed by atoms with Gasteiger partial charge in [0.25, 0.3) is 5.91 Å². The minimum Gasteiger partial charge on any atom is -0.348 e. The van der Waals surface area contributed by atoms with Gasteiger partial charge in [0.15, 0.2) is 0 Å². The maximum absolute atomic E-state index is 13.0. The van der Waals surface area contributed by atoms with Crippen LogP contribution in [0.2, 0.25) is 5.02 Å². The van der Waals surface area contributed by atoms with Gasteiger partial charge in [0.1, 0.15) is 17.5 Å². The van der Waals surface area contributed by atoms with Crippen molar-refractivity contribution in [3.8, 4) is 0 Å². The van der Waals surface area contributed by atoms with Gasteiger partial charge in [-0.05, 0) is 35.9 Å². The molecule has 0 spiro atoms. The first-order valence-electron chi connectivity index (χ1n) is 5.64. The van der Waals surface area contributed by atoms with Crippen molar-refractivity contribution in [2.75, 3.05) is 0 Å². The van der Waals surface area contributed by atoms with Crippen LogP contribution in [0.15, 0.2) is 36.4 Å². The molecule has 0 fully saturated rings. The molecular weight excluding hydrogens is 291 g/mol. The summed E-state index contributed by atoms with van der Waals surface area (Å²) in [6.45, 7) is -0.0682. The second kappa shape index (κ2) is 5.96. The predicted octanol–water partition coefficient (Wildman–Crippen LogP) is 3.69. The molecule has 0 heterocycles. The molecule has 2 aromatic rings. The van der Waals surface area contributed by atoms with Gasteiger partial charge in [-0.3, -0.25) is 4.79 Å². The summed E-state index contributed by atoms with van der Waals surface area (Å²) < 4.78 is 38.8. The quantitative estimate of drug-likeness (QED) is 0.920. The molecule has 0 saturated carbocycles. The third kappa shape index (κ3) is 3.51. The number of carbonyl (C=O) groups excluding carboxylic acids is 1. The molecule has 20 heavy (non-hydrogen) atoms. The molecule has 2 rings (SSSR count). The van der Waals surface area contributed by atoms with E-state index in [1.165, 1.54) is 6.07 Å². The molecule has 0 bridgehead atoms. The van der Waals surface area contributed by atoms with E-state index in [4.69, 9.17) is 11.6 Å². The summed E-state index contributed by atoms with van der Waals surface area (Å²) in [4.78, 5) is 11.8. The molecule has 1 amide bonds. The summed E-state index contributed by atoms with van der Waals surface area (Å²) in [6.07, 6.45) is 0. The maximum Gasteiger partial charge on any atom is 0.253 e. The molecule has 2 nitrogen and oxygen atoms in total. The highest BCUT2D eigenvalue weighted by Gasteiger charge is 2.11. The number of carbonyl (C=O) groups is 1.